The summed E-state index contributed by atoms with van der Waals surface area (Å²) in [6.45, 7) is 5.49. The quantitative estimate of drug-likeness (QED) is 0.730. The normalized spacial score (nSPS) is 19.3. The molecule has 2 aliphatic rings. The second kappa shape index (κ2) is 8.93. The van der Waals surface area contributed by atoms with E-state index < -0.39 is 11.7 Å². The predicted molar refractivity (Wildman–Crippen MR) is 110 cm³/mol. The Morgan fingerprint density at radius 3 is 2.37 bits per heavy atom. The summed E-state index contributed by atoms with van der Waals surface area (Å²) in [5, 5.41) is 2.08. The van der Waals surface area contributed by atoms with E-state index >= 15 is 0 Å². The first-order chi connectivity index (χ1) is 14.4. The van der Waals surface area contributed by atoms with E-state index in [0.29, 0.717) is 31.7 Å². The van der Waals surface area contributed by atoms with Gasteiger partial charge >= 0.3 is 6.18 Å². The zero-order valence-corrected chi connectivity index (χ0v) is 17.5. The van der Waals surface area contributed by atoms with Crippen LogP contribution in [0.3, 0.4) is 0 Å². The lowest BCUT2D eigenvalue weighted by Gasteiger charge is -2.38. The van der Waals surface area contributed by atoms with Crippen LogP contribution >= 0.6 is 11.3 Å². The summed E-state index contributed by atoms with van der Waals surface area (Å²) in [6, 6.07) is 6.68. The molecule has 0 aliphatic carbocycles. The molecule has 162 valence electrons. The van der Waals surface area contributed by atoms with Gasteiger partial charge in [-0.1, -0.05) is 6.07 Å². The standard InChI is InChI=1S/C21H25F3N4OS/c22-21(23,24)17-3-4-19(25-14-17)27-7-5-16(6-8-27)20(29)28-11-9-26(10-12-28)15-18-2-1-13-30-18/h1-4,13-14,16H,5-12,15H2. The number of aromatic nitrogens is 1. The summed E-state index contributed by atoms with van der Waals surface area (Å²) in [7, 11) is 0. The summed E-state index contributed by atoms with van der Waals surface area (Å²) < 4.78 is 38.1. The Morgan fingerprint density at radius 2 is 1.80 bits per heavy atom. The number of anilines is 1. The highest BCUT2D eigenvalue weighted by molar-refractivity contribution is 7.09. The fraction of sp³-hybridized carbons (Fsp3) is 0.524. The smallest absolute Gasteiger partial charge is 0.357 e. The minimum absolute atomic E-state index is 0.0143. The molecular weight excluding hydrogens is 413 g/mol. The second-order valence-corrected chi connectivity index (χ2v) is 8.88. The lowest BCUT2D eigenvalue weighted by Crippen LogP contribution is -2.51. The molecule has 2 fully saturated rings. The Bertz CT molecular complexity index is 825. The summed E-state index contributed by atoms with van der Waals surface area (Å²) >= 11 is 1.76. The molecule has 5 nitrogen and oxygen atoms in total. The minimum Gasteiger partial charge on any atom is -0.357 e. The van der Waals surface area contributed by atoms with Crippen molar-refractivity contribution in [2.75, 3.05) is 44.2 Å². The minimum atomic E-state index is -4.38. The van der Waals surface area contributed by atoms with Crippen molar-refractivity contribution in [2.24, 2.45) is 5.92 Å². The molecule has 4 rings (SSSR count). The highest BCUT2D eigenvalue weighted by Gasteiger charge is 2.33. The molecule has 9 heteroatoms. The summed E-state index contributed by atoms with van der Waals surface area (Å²) in [4.78, 5) is 24.6. The third-order valence-electron chi connectivity index (χ3n) is 5.89. The van der Waals surface area contributed by atoms with Crippen molar-refractivity contribution >= 4 is 23.1 Å². The molecular formula is C21H25F3N4OS. The number of rotatable bonds is 4. The van der Waals surface area contributed by atoms with Gasteiger partial charge < -0.3 is 9.80 Å². The van der Waals surface area contributed by atoms with E-state index in [2.05, 4.69) is 27.4 Å². The number of amides is 1. The van der Waals surface area contributed by atoms with Gasteiger partial charge in [0.25, 0.3) is 0 Å². The van der Waals surface area contributed by atoms with Gasteiger partial charge in [-0.3, -0.25) is 9.69 Å². The molecule has 4 heterocycles. The van der Waals surface area contributed by atoms with E-state index in [1.165, 1.54) is 10.9 Å². The van der Waals surface area contributed by atoms with E-state index in [9.17, 15) is 18.0 Å². The number of halogens is 3. The molecule has 1 amide bonds. The maximum Gasteiger partial charge on any atom is 0.417 e. The number of thiophene rings is 1. The number of pyridine rings is 1. The lowest BCUT2D eigenvalue weighted by molar-refractivity contribution is -0.138. The van der Waals surface area contributed by atoms with E-state index in [1.807, 2.05) is 9.80 Å². The van der Waals surface area contributed by atoms with E-state index in [1.54, 1.807) is 11.3 Å². The van der Waals surface area contributed by atoms with Gasteiger partial charge in [-0.25, -0.2) is 4.98 Å². The van der Waals surface area contributed by atoms with E-state index in [0.717, 1.165) is 45.0 Å². The van der Waals surface area contributed by atoms with Crippen LogP contribution in [-0.2, 0) is 17.5 Å². The highest BCUT2D eigenvalue weighted by atomic mass is 32.1. The average Bonchev–Trinajstić information content (AvgIpc) is 3.26. The Morgan fingerprint density at radius 1 is 1.07 bits per heavy atom. The summed E-state index contributed by atoms with van der Waals surface area (Å²) in [5.41, 5.74) is -0.741. The molecule has 2 aromatic rings. The molecule has 0 atom stereocenters. The molecule has 0 bridgehead atoms. The van der Waals surface area contributed by atoms with Crippen LogP contribution in [0.15, 0.2) is 35.8 Å². The average molecular weight is 439 g/mol. The number of nitrogens with zero attached hydrogens (tertiary/aromatic N) is 4. The number of hydrogen-bond acceptors (Lipinski definition) is 5. The molecule has 0 aromatic carbocycles. The zero-order chi connectivity index (χ0) is 21.1. The fourth-order valence-corrected chi connectivity index (χ4v) is 4.85. The van der Waals surface area contributed by atoms with Crippen molar-refractivity contribution in [3.8, 4) is 0 Å². The van der Waals surface area contributed by atoms with Crippen molar-refractivity contribution in [1.29, 1.82) is 0 Å². The third kappa shape index (κ3) is 4.95. The number of hydrogen-bond donors (Lipinski definition) is 0. The van der Waals surface area contributed by atoms with Gasteiger partial charge in [0.2, 0.25) is 5.91 Å². The van der Waals surface area contributed by atoms with Crippen molar-refractivity contribution in [2.45, 2.75) is 25.6 Å². The van der Waals surface area contributed by atoms with Gasteiger partial charge in [-0.15, -0.1) is 11.3 Å². The van der Waals surface area contributed by atoms with Gasteiger partial charge in [0.05, 0.1) is 5.56 Å². The maximum absolute atomic E-state index is 12.9. The molecule has 0 unspecified atom stereocenters. The summed E-state index contributed by atoms with van der Waals surface area (Å²) in [5.74, 6) is 0.737. The van der Waals surface area contributed by atoms with Gasteiger partial charge in [0.15, 0.2) is 0 Å². The second-order valence-electron chi connectivity index (χ2n) is 7.84. The first-order valence-electron chi connectivity index (χ1n) is 10.2. The number of carbonyl (C=O) groups excluding carboxylic acids is 1. The van der Waals surface area contributed by atoms with Gasteiger partial charge in [0, 0.05) is 62.8 Å². The maximum atomic E-state index is 12.9. The predicted octanol–water partition coefficient (Wildman–Crippen LogP) is 3.72. The molecule has 2 saturated heterocycles. The molecule has 2 aromatic heterocycles. The lowest BCUT2D eigenvalue weighted by atomic mass is 9.95. The molecule has 0 spiro atoms. The van der Waals surface area contributed by atoms with Crippen LogP contribution in [0.2, 0.25) is 0 Å². The number of piperidine rings is 1. The van der Waals surface area contributed by atoms with Crippen LogP contribution in [0, 0.1) is 5.92 Å². The SMILES string of the molecule is O=C(C1CCN(c2ccc(C(F)(F)F)cn2)CC1)N1CCN(Cc2cccs2)CC1. The topological polar surface area (TPSA) is 39.7 Å². The summed E-state index contributed by atoms with van der Waals surface area (Å²) in [6.07, 6.45) is -2.09. The number of piperazine rings is 1. The molecule has 0 radical (unpaired) electrons. The molecule has 30 heavy (non-hydrogen) atoms. The van der Waals surface area contributed by atoms with Gasteiger partial charge in [-0.2, -0.15) is 13.2 Å². The monoisotopic (exact) mass is 438 g/mol. The van der Waals surface area contributed by atoms with Crippen LogP contribution in [0.4, 0.5) is 19.0 Å². The fourth-order valence-electron chi connectivity index (χ4n) is 4.10. The van der Waals surface area contributed by atoms with Crippen molar-refractivity contribution in [3.63, 3.8) is 0 Å². The Kier molecular flexibility index (Phi) is 6.29. The Balaban J connectivity index is 1.24. The highest BCUT2D eigenvalue weighted by Crippen LogP contribution is 2.30. The van der Waals surface area contributed by atoms with Crippen LogP contribution in [0.25, 0.3) is 0 Å². The third-order valence-corrected chi connectivity index (χ3v) is 6.75. The number of carbonyl (C=O) groups is 1. The molecule has 2 aliphatic heterocycles. The number of alkyl halides is 3. The van der Waals surface area contributed by atoms with Crippen LogP contribution in [-0.4, -0.2) is 60.0 Å². The Hall–Kier alpha value is -2.13. The Labute approximate surface area is 178 Å². The van der Waals surface area contributed by atoms with Crippen LogP contribution < -0.4 is 4.90 Å². The van der Waals surface area contributed by atoms with Crippen LogP contribution in [0.1, 0.15) is 23.3 Å². The zero-order valence-electron chi connectivity index (χ0n) is 16.6. The first-order valence-corrected chi connectivity index (χ1v) is 11.1. The van der Waals surface area contributed by atoms with Crippen molar-refractivity contribution in [3.05, 3.63) is 46.3 Å². The first kappa shape index (κ1) is 21.1. The van der Waals surface area contributed by atoms with Crippen molar-refractivity contribution in [1.82, 2.24) is 14.8 Å². The van der Waals surface area contributed by atoms with E-state index in [-0.39, 0.29) is 11.8 Å². The molecule has 0 N–H and O–H groups in total. The van der Waals surface area contributed by atoms with Gasteiger partial charge in [0.1, 0.15) is 5.82 Å². The molecule has 0 saturated carbocycles. The van der Waals surface area contributed by atoms with Crippen LogP contribution in [0.5, 0.6) is 0 Å². The van der Waals surface area contributed by atoms with E-state index in [4.69, 9.17) is 0 Å². The largest absolute Gasteiger partial charge is 0.417 e. The van der Waals surface area contributed by atoms with Gasteiger partial charge in [-0.05, 0) is 36.4 Å². The van der Waals surface area contributed by atoms with Crippen molar-refractivity contribution < 1.29 is 18.0 Å².